The molecular formula is C15H24N2O3S. The van der Waals surface area contributed by atoms with Gasteiger partial charge < -0.3 is 14.8 Å². The van der Waals surface area contributed by atoms with E-state index in [1.807, 2.05) is 27.7 Å². The van der Waals surface area contributed by atoms with Crippen molar-refractivity contribution < 1.29 is 14.3 Å². The van der Waals surface area contributed by atoms with Gasteiger partial charge >= 0.3 is 5.97 Å². The molecular weight excluding hydrogens is 288 g/mol. The van der Waals surface area contributed by atoms with Gasteiger partial charge in [-0.1, -0.05) is 0 Å². The van der Waals surface area contributed by atoms with E-state index in [1.54, 1.807) is 11.3 Å². The lowest BCUT2D eigenvalue weighted by Gasteiger charge is -2.24. The first-order valence-corrected chi connectivity index (χ1v) is 8.32. The number of carbonyl (C=O) groups is 1. The summed E-state index contributed by atoms with van der Waals surface area (Å²) < 4.78 is 10.8. The van der Waals surface area contributed by atoms with Crippen LogP contribution in [0.1, 0.15) is 50.6 Å². The van der Waals surface area contributed by atoms with E-state index < -0.39 is 0 Å². The zero-order valence-corrected chi connectivity index (χ0v) is 14.0. The molecule has 5 nitrogen and oxygen atoms in total. The van der Waals surface area contributed by atoms with Gasteiger partial charge in [-0.15, -0.1) is 11.3 Å². The number of ether oxygens (including phenoxy) is 2. The molecule has 21 heavy (non-hydrogen) atoms. The quantitative estimate of drug-likeness (QED) is 0.784. The number of rotatable bonds is 7. The van der Waals surface area contributed by atoms with Crippen LogP contribution in [0, 0.1) is 0 Å². The number of nitrogens with one attached hydrogen (secondary N) is 1. The number of anilines is 1. The second-order valence-corrected chi connectivity index (χ2v) is 6.80. The van der Waals surface area contributed by atoms with Crippen molar-refractivity contribution in [3.05, 3.63) is 10.6 Å². The maximum atomic E-state index is 11.9. The van der Waals surface area contributed by atoms with E-state index in [4.69, 9.17) is 9.47 Å². The van der Waals surface area contributed by atoms with Crippen LogP contribution in [0.25, 0.3) is 0 Å². The Bertz CT molecular complexity index is 499. The van der Waals surface area contributed by atoms with E-state index >= 15 is 0 Å². The van der Waals surface area contributed by atoms with Gasteiger partial charge in [0.1, 0.15) is 5.92 Å². The summed E-state index contributed by atoms with van der Waals surface area (Å²) in [7, 11) is 0. The fourth-order valence-electron chi connectivity index (χ4n) is 2.51. The molecule has 2 rings (SSSR count). The highest BCUT2D eigenvalue weighted by Gasteiger charge is 2.33. The molecule has 1 aliphatic rings. The van der Waals surface area contributed by atoms with Gasteiger partial charge in [-0.05, 0) is 40.5 Å². The van der Waals surface area contributed by atoms with Gasteiger partial charge in [0.15, 0.2) is 5.13 Å². The first kappa shape index (κ1) is 16.2. The Morgan fingerprint density at radius 3 is 2.86 bits per heavy atom. The maximum absolute atomic E-state index is 11.9. The average Bonchev–Trinajstić information content (AvgIpc) is 2.96. The molecule has 1 aliphatic carbocycles. The average molecular weight is 312 g/mol. The van der Waals surface area contributed by atoms with E-state index in [1.165, 1.54) is 4.88 Å². The molecule has 0 saturated carbocycles. The molecule has 1 unspecified atom stereocenters. The van der Waals surface area contributed by atoms with Crippen molar-refractivity contribution in [3.8, 4) is 0 Å². The summed E-state index contributed by atoms with van der Waals surface area (Å²) in [5.74, 6) is -0.339. The van der Waals surface area contributed by atoms with Crippen LogP contribution in [0.3, 0.4) is 0 Å². The lowest BCUT2D eigenvalue weighted by Crippen LogP contribution is -2.33. The summed E-state index contributed by atoms with van der Waals surface area (Å²) in [5, 5.41) is 4.18. The first-order chi connectivity index (χ1) is 9.96. The monoisotopic (exact) mass is 312 g/mol. The predicted octanol–water partition coefficient (Wildman–Crippen LogP) is 2.96. The number of hydrogen-bond donors (Lipinski definition) is 1. The molecule has 0 amide bonds. The number of nitrogens with zero attached hydrogens (tertiary/aromatic N) is 1. The standard InChI is InChI=1S/C15H24N2O3S/c1-5-19-13(18)10-7-8-11-12(10)17-14(21-11)16-9-15(3,4)20-6-2/h10H,5-9H2,1-4H3,(H,16,17). The van der Waals surface area contributed by atoms with Gasteiger partial charge in [-0.25, -0.2) is 4.98 Å². The number of aromatic nitrogens is 1. The second kappa shape index (κ2) is 6.75. The number of thiazole rings is 1. The lowest BCUT2D eigenvalue weighted by molar-refractivity contribution is -0.145. The van der Waals surface area contributed by atoms with Gasteiger partial charge in [0.25, 0.3) is 0 Å². The SMILES string of the molecule is CCOC(=O)C1CCc2sc(NCC(C)(C)OCC)nc21. The van der Waals surface area contributed by atoms with Gasteiger partial charge in [-0.3, -0.25) is 4.79 Å². The van der Waals surface area contributed by atoms with Crippen molar-refractivity contribution in [2.45, 2.75) is 52.1 Å². The van der Waals surface area contributed by atoms with Crippen molar-refractivity contribution >= 4 is 22.4 Å². The summed E-state index contributed by atoms with van der Waals surface area (Å²) in [6, 6.07) is 0. The fourth-order valence-corrected chi connectivity index (χ4v) is 3.54. The van der Waals surface area contributed by atoms with Crippen molar-refractivity contribution in [1.82, 2.24) is 4.98 Å². The molecule has 1 N–H and O–H groups in total. The molecule has 6 heteroatoms. The zero-order chi connectivity index (χ0) is 15.5. The molecule has 0 fully saturated rings. The van der Waals surface area contributed by atoms with Crippen molar-refractivity contribution in [2.75, 3.05) is 25.1 Å². The lowest BCUT2D eigenvalue weighted by atomic mass is 10.1. The summed E-state index contributed by atoms with van der Waals surface area (Å²) in [6.45, 7) is 9.72. The highest BCUT2D eigenvalue weighted by molar-refractivity contribution is 7.15. The van der Waals surface area contributed by atoms with Crippen LogP contribution in [0.4, 0.5) is 5.13 Å². The van der Waals surface area contributed by atoms with Crippen LogP contribution in [-0.2, 0) is 20.7 Å². The largest absolute Gasteiger partial charge is 0.465 e. The highest BCUT2D eigenvalue weighted by Crippen LogP contribution is 2.39. The minimum atomic E-state index is -0.231. The van der Waals surface area contributed by atoms with E-state index in [0.717, 1.165) is 23.7 Å². The topological polar surface area (TPSA) is 60.5 Å². The van der Waals surface area contributed by atoms with Gasteiger partial charge in [-0.2, -0.15) is 0 Å². The first-order valence-electron chi connectivity index (χ1n) is 7.51. The molecule has 0 aromatic carbocycles. The zero-order valence-electron chi connectivity index (χ0n) is 13.2. The van der Waals surface area contributed by atoms with Crippen LogP contribution in [0.5, 0.6) is 0 Å². The predicted molar refractivity (Wildman–Crippen MR) is 84.0 cm³/mol. The Kier molecular flexibility index (Phi) is 5.22. The van der Waals surface area contributed by atoms with E-state index in [2.05, 4.69) is 10.3 Å². The van der Waals surface area contributed by atoms with Gasteiger partial charge in [0.2, 0.25) is 0 Å². The Labute approximate surface area is 130 Å². The van der Waals surface area contributed by atoms with Crippen molar-refractivity contribution in [3.63, 3.8) is 0 Å². The molecule has 1 aromatic heterocycles. The van der Waals surface area contributed by atoms with Crippen molar-refractivity contribution in [1.29, 1.82) is 0 Å². The van der Waals surface area contributed by atoms with Crippen LogP contribution >= 0.6 is 11.3 Å². The molecule has 0 radical (unpaired) electrons. The number of carbonyl (C=O) groups excluding carboxylic acids is 1. The summed E-state index contributed by atoms with van der Waals surface area (Å²) >= 11 is 1.63. The highest BCUT2D eigenvalue weighted by atomic mass is 32.1. The number of hydrogen-bond acceptors (Lipinski definition) is 6. The fraction of sp³-hybridized carbons (Fsp3) is 0.733. The Hall–Kier alpha value is -1.14. The van der Waals surface area contributed by atoms with Crippen LogP contribution in [0.2, 0.25) is 0 Å². The molecule has 0 saturated heterocycles. The Balaban J connectivity index is 2.00. The van der Waals surface area contributed by atoms with Crippen molar-refractivity contribution in [2.24, 2.45) is 0 Å². The number of fused-ring (bicyclic) bond motifs is 1. The molecule has 1 aromatic rings. The Morgan fingerprint density at radius 2 is 2.19 bits per heavy atom. The van der Waals surface area contributed by atoms with E-state index in [0.29, 0.717) is 19.8 Å². The van der Waals surface area contributed by atoms with Gasteiger partial charge in [0.05, 0.1) is 17.9 Å². The van der Waals surface area contributed by atoms with E-state index in [9.17, 15) is 4.79 Å². The number of aryl methyl sites for hydroxylation is 1. The van der Waals surface area contributed by atoms with Gasteiger partial charge in [0, 0.05) is 18.0 Å². The number of esters is 1. The minimum Gasteiger partial charge on any atom is -0.465 e. The third-order valence-electron chi connectivity index (χ3n) is 3.49. The van der Waals surface area contributed by atoms with Crippen LogP contribution in [0.15, 0.2) is 0 Å². The minimum absolute atomic E-state index is 0.150. The molecule has 1 heterocycles. The molecule has 0 spiro atoms. The maximum Gasteiger partial charge on any atom is 0.315 e. The van der Waals surface area contributed by atoms with Crippen LogP contribution in [-0.4, -0.2) is 36.3 Å². The Morgan fingerprint density at radius 1 is 1.43 bits per heavy atom. The summed E-state index contributed by atoms with van der Waals surface area (Å²) in [4.78, 5) is 17.7. The molecule has 1 atom stereocenters. The van der Waals surface area contributed by atoms with E-state index in [-0.39, 0.29) is 17.5 Å². The summed E-state index contributed by atoms with van der Waals surface area (Å²) in [6.07, 6.45) is 1.73. The molecule has 0 bridgehead atoms. The third kappa shape index (κ3) is 3.95. The normalized spacial score (nSPS) is 17.6. The molecule has 0 aliphatic heterocycles. The molecule has 118 valence electrons. The smallest absolute Gasteiger partial charge is 0.315 e. The van der Waals surface area contributed by atoms with Crippen LogP contribution < -0.4 is 5.32 Å². The summed E-state index contributed by atoms with van der Waals surface area (Å²) in [5.41, 5.74) is 0.668. The second-order valence-electron chi connectivity index (χ2n) is 5.72. The third-order valence-corrected chi connectivity index (χ3v) is 4.58.